The molecule has 0 bridgehead atoms. The Labute approximate surface area is 168 Å². The van der Waals surface area contributed by atoms with E-state index in [1.807, 2.05) is 57.2 Å². The van der Waals surface area contributed by atoms with Gasteiger partial charge in [-0.25, -0.2) is 4.98 Å². The van der Waals surface area contributed by atoms with Gasteiger partial charge in [-0.2, -0.15) is 14.9 Å². The van der Waals surface area contributed by atoms with Gasteiger partial charge in [0, 0.05) is 41.5 Å². The molecule has 0 atom stereocenters. The van der Waals surface area contributed by atoms with Crippen LogP contribution in [0.2, 0.25) is 0 Å². The smallest absolute Gasteiger partial charge is 0.247 e. The minimum absolute atomic E-state index is 0.0966. The van der Waals surface area contributed by atoms with Crippen LogP contribution in [0, 0.1) is 20.8 Å². The van der Waals surface area contributed by atoms with Gasteiger partial charge in [0.05, 0.1) is 11.4 Å². The highest BCUT2D eigenvalue weighted by molar-refractivity contribution is 5.90. The van der Waals surface area contributed by atoms with Gasteiger partial charge in [0.2, 0.25) is 5.91 Å². The fourth-order valence-corrected chi connectivity index (χ4v) is 3.34. The molecule has 0 radical (unpaired) electrons. The molecule has 4 heterocycles. The van der Waals surface area contributed by atoms with Crippen LogP contribution in [0.3, 0.4) is 0 Å². The number of carbonyl (C=O) groups is 1. The van der Waals surface area contributed by atoms with Crippen LogP contribution in [0.4, 0.5) is 5.82 Å². The Morgan fingerprint density at radius 2 is 1.93 bits per heavy atom. The number of amides is 1. The van der Waals surface area contributed by atoms with E-state index in [2.05, 4.69) is 25.5 Å². The first-order chi connectivity index (χ1) is 14.0. The van der Waals surface area contributed by atoms with E-state index in [1.165, 1.54) is 0 Å². The van der Waals surface area contributed by atoms with Crippen molar-refractivity contribution < 1.29 is 4.79 Å². The molecule has 0 aliphatic heterocycles. The predicted octanol–water partition coefficient (Wildman–Crippen LogP) is 3.09. The number of nitrogens with zero attached hydrogens (tertiary/aromatic N) is 6. The molecule has 0 spiro atoms. The topological polar surface area (TPSA) is 90.5 Å². The predicted molar refractivity (Wildman–Crippen MR) is 110 cm³/mol. The lowest BCUT2D eigenvalue weighted by atomic mass is 10.1. The van der Waals surface area contributed by atoms with E-state index >= 15 is 0 Å². The SMILES string of the molecule is Cc1cc(NC(=O)Cn2nc(C)c(-c3cccnc3)c2C)n(-c2ccccn2)n1. The molecule has 4 aromatic rings. The zero-order chi connectivity index (χ0) is 20.4. The third-order valence-corrected chi connectivity index (χ3v) is 4.59. The van der Waals surface area contributed by atoms with E-state index in [1.54, 1.807) is 28.0 Å². The fourth-order valence-electron chi connectivity index (χ4n) is 3.34. The number of anilines is 1. The third-order valence-electron chi connectivity index (χ3n) is 4.59. The summed E-state index contributed by atoms with van der Waals surface area (Å²) >= 11 is 0. The molecule has 29 heavy (non-hydrogen) atoms. The normalized spacial score (nSPS) is 10.9. The van der Waals surface area contributed by atoms with E-state index in [4.69, 9.17) is 0 Å². The Morgan fingerprint density at radius 1 is 1.07 bits per heavy atom. The summed E-state index contributed by atoms with van der Waals surface area (Å²) in [7, 11) is 0. The number of nitrogens with one attached hydrogen (secondary N) is 1. The van der Waals surface area contributed by atoms with Crippen molar-refractivity contribution in [3.63, 3.8) is 0 Å². The summed E-state index contributed by atoms with van der Waals surface area (Å²) in [5.74, 6) is 1.02. The van der Waals surface area contributed by atoms with Gasteiger partial charge in [-0.05, 0) is 39.0 Å². The maximum atomic E-state index is 12.7. The van der Waals surface area contributed by atoms with Crippen LogP contribution >= 0.6 is 0 Å². The number of carbonyl (C=O) groups excluding carboxylic acids is 1. The van der Waals surface area contributed by atoms with Gasteiger partial charge in [0.15, 0.2) is 5.82 Å². The lowest BCUT2D eigenvalue weighted by Gasteiger charge is -2.09. The molecular weight excluding hydrogens is 366 g/mol. The maximum absolute atomic E-state index is 12.7. The van der Waals surface area contributed by atoms with Crippen molar-refractivity contribution in [3.8, 4) is 16.9 Å². The molecule has 0 aliphatic rings. The first-order valence-corrected chi connectivity index (χ1v) is 9.25. The van der Waals surface area contributed by atoms with Gasteiger partial charge < -0.3 is 5.32 Å². The lowest BCUT2D eigenvalue weighted by molar-refractivity contribution is -0.117. The van der Waals surface area contributed by atoms with Crippen LogP contribution in [0.15, 0.2) is 55.0 Å². The number of rotatable bonds is 5. The molecule has 0 saturated carbocycles. The molecule has 0 aliphatic carbocycles. The minimum atomic E-state index is -0.189. The second kappa shape index (κ2) is 7.67. The van der Waals surface area contributed by atoms with Crippen LogP contribution in [-0.4, -0.2) is 35.4 Å². The maximum Gasteiger partial charge on any atom is 0.247 e. The van der Waals surface area contributed by atoms with E-state index in [-0.39, 0.29) is 12.5 Å². The van der Waals surface area contributed by atoms with Gasteiger partial charge in [0.25, 0.3) is 0 Å². The van der Waals surface area contributed by atoms with Crippen LogP contribution in [0.1, 0.15) is 17.1 Å². The van der Waals surface area contributed by atoms with Gasteiger partial charge in [0.1, 0.15) is 12.4 Å². The molecule has 0 saturated heterocycles. The van der Waals surface area contributed by atoms with Crippen LogP contribution < -0.4 is 5.32 Å². The third kappa shape index (κ3) is 3.77. The summed E-state index contributed by atoms with van der Waals surface area (Å²) in [5.41, 5.74) is 4.55. The largest absolute Gasteiger partial charge is 0.309 e. The molecule has 146 valence electrons. The van der Waals surface area contributed by atoms with Gasteiger partial charge in [-0.3, -0.25) is 14.5 Å². The zero-order valence-corrected chi connectivity index (χ0v) is 16.5. The number of pyridine rings is 2. The highest BCUT2D eigenvalue weighted by Crippen LogP contribution is 2.26. The second-order valence-electron chi connectivity index (χ2n) is 6.76. The summed E-state index contributed by atoms with van der Waals surface area (Å²) in [5, 5.41) is 11.9. The minimum Gasteiger partial charge on any atom is -0.309 e. The number of hydrogen-bond acceptors (Lipinski definition) is 5. The van der Waals surface area contributed by atoms with Gasteiger partial charge in [-0.1, -0.05) is 12.1 Å². The standard InChI is InChI=1S/C21H21N7O/c1-14-11-19(28(25-14)18-8-4-5-10-23-18)24-20(29)13-27-16(3)21(15(2)26-27)17-7-6-9-22-12-17/h4-12H,13H2,1-3H3,(H,24,29). The van der Waals surface area contributed by atoms with Gasteiger partial charge in [-0.15, -0.1) is 0 Å². The Kier molecular flexibility index (Phi) is 4.90. The van der Waals surface area contributed by atoms with Crippen molar-refractivity contribution >= 4 is 11.7 Å². The Morgan fingerprint density at radius 3 is 2.66 bits per heavy atom. The van der Waals surface area contributed by atoms with Gasteiger partial charge >= 0.3 is 0 Å². The van der Waals surface area contributed by atoms with E-state index in [9.17, 15) is 4.79 Å². The lowest BCUT2D eigenvalue weighted by Crippen LogP contribution is -2.22. The first-order valence-electron chi connectivity index (χ1n) is 9.25. The number of aromatic nitrogens is 6. The van der Waals surface area contributed by atoms with Crippen LogP contribution in [0.5, 0.6) is 0 Å². The highest BCUT2D eigenvalue weighted by Gasteiger charge is 2.17. The molecule has 0 unspecified atom stereocenters. The van der Waals surface area contributed by atoms with Crippen molar-refractivity contribution in [3.05, 3.63) is 72.1 Å². The Hall–Kier alpha value is -3.81. The molecule has 0 aromatic carbocycles. The van der Waals surface area contributed by atoms with E-state index in [0.29, 0.717) is 11.6 Å². The molecule has 8 heteroatoms. The average Bonchev–Trinajstić information content (AvgIpc) is 3.21. The molecule has 4 aromatic heterocycles. The molecule has 1 N–H and O–H groups in total. The Balaban J connectivity index is 1.56. The van der Waals surface area contributed by atoms with Crippen LogP contribution in [-0.2, 0) is 11.3 Å². The van der Waals surface area contributed by atoms with Crippen molar-refractivity contribution in [2.75, 3.05) is 5.32 Å². The molecule has 8 nitrogen and oxygen atoms in total. The molecule has 0 fully saturated rings. The zero-order valence-electron chi connectivity index (χ0n) is 16.5. The molecule has 4 rings (SSSR count). The summed E-state index contributed by atoms with van der Waals surface area (Å²) in [6.07, 6.45) is 5.22. The second-order valence-corrected chi connectivity index (χ2v) is 6.76. The monoisotopic (exact) mass is 387 g/mol. The summed E-state index contributed by atoms with van der Waals surface area (Å²) in [4.78, 5) is 21.2. The average molecular weight is 387 g/mol. The van der Waals surface area contributed by atoms with E-state index in [0.717, 1.165) is 28.2 Å². The van der Waals surface area contributed by atoms with Crippen molar-refractivity contribution in [1.82, 2.24) is 29.5 Å². The highest BCUT2D eigenvalue weighted by atomic mass is 16.2. The first kappa shape index (κ1) is 18.5. The number of aryl methyl sites for hydroxylation is 2. The Bertz CT molecular complexity index is 1150. The molecule has 1 amide bonds. The van der Waals surface area contributed by atoms with Crippen LogP contribution in [0.25, 0.3) is 16.9 Å². The number of hydrogen-bond donors (Lipinski definition) is 1. The summed E-state index contributed by atoms with van der Waals surface area (Å²) in [6, 6.07) is 11.2. The summed E-state index contributed by atoms with van der Waals surface area (Å²) < 4.78 is 3.33. The molecular formula is C21H21N7O. The quantitative estimate of drug-likeness (QED) is 0.568. The van der Waals surface area contributed by atoms with E-state index < -0.39 is 0 Å². The van der Waals surface area contributed by atoms with Crippen molar-refractivity contribution in [1.29, 1.82) is 0 Å². The van der Waals surface area contributed by atoms with Crippen molar-refractivity contribution in [2.24, 2.45) is 0 Å². The summed E-state index contributed by atoms with van der Waals surface area (Å²) in [6.45, 7) is 5.86. The fraction of sp³-hybridized carbons (Fsp3) is 0.190. The van der Waals surface area contributed by atoms with Crippen molar-refractivity contribution in [2.45, 2.75) is 27.3 Å².